The van der Waals surface area contributed by atoms with Crippen LogP contribution < -0.4 is 5.32 Å². The summed E-state index contributed by atoms with van der Waals surface area (Å²) < 4.78 is 11.8. The van der Waals surface area contributed by atoms with Crippen LogP contribution in [0.25, 0.3) is 0 Å². The Morgan fingerprint density at radius 1 is 1.18 bits per heavy atom. The van der Waals surface area contributed by atoms with Crippen molar-refractivity contribution < 1.29 is 14.0 Å². The van der Waals surface area contributed by atoms with E-state index in [9.17, 15) is 4.79 Å². The molecule has 157 valence electrons. The normalized spacial score (nSPS) is 18.5. The molecule has 1 aliphatic carbocycles. The van der Waals surface area contributed by atoms with Gasteiger partial charge in [-0.25, -0.2) is 4.79 Å². The minimum Gasteiger partial charge on any atom is -0.444 e. The van der Waals surface area contributed by atoms with Crippen LogP contribution in [0.1, 0.15) is 64.7 Å². The summed E-state index contributed by atoms with van der Waals surface area (Å²) in [6, 6.07) is 6.60. The van der Waals surface area contributed by atoms with Crippen LogP contribution in [0.15, 0.2) is 18.2 Å². The van der Waals surface area contributed by atoms with E-state index in [1.807, 2.05) is 20.8 Å². The second kappa shape index (κ2) is 9.00. The molecule has 1 N–H and O–H groups in total. The molecule has 2 unspecified atom stereocenters. The molecule has 0 bridgehead atoms. The second-order valence-corrected chi connectivity index (χ2v) is 12.3. The van der Waals surface area contributed by atoms with Gasteiger partial charge in [0.2, 0.25) is 9.04 Å². The Hall–Kier alpha value is -1.33. The molecule has 0 aromatic heterocycles. The fourth-order valence-electron chi connectivity index (χ4n) is 3.93. The van der Waals surface area contributed by atoms with Gasteiger partial charge in [0.15, 0.2) is 0 Å². The van der Waals surface area contributed by atoms with E-state index in [1.54, 1.807) is 0 Å². The molecular weight excluding hydrogens is 366 g/mol. The number of rotatable bonds is 5. The van der Waals surface area contributed by atoms with Gasteiger partial charge in [0.1, 0.15) is 5.60 Å². The maximum Gasteiger partial charge on any atom is 0.407 e. The van der Waals surface area contributed by atoms with Gasteiger partial charge in [-0.3, -0.25) is 0 Å². The third-order valence-electron chi connectivity index (χ3n) is 5.02. The minimum atomic E-state index is -0.728. The van der Waals surface area contributed by atoms with E-state index in [1.165, 1.54) is 11.1 Å². The number of hydrogen-bond acceptors (Lipinski definition) is 3. The fourth-order valence-corrected chi connectivity index (χ4v) is 4.98. The number of ether oxygens (including phenoxy) is 1. The topological polar surface area (TPSA) is 47.6 Å². The molecule has 0 saturated heterocycles. The maximum atomic E-state index is 11.9. The molecule has 0 aliphatic heterocycles. The van der Waals surface area contributed by atoms with Gasteiger partial charge in [0.05, 0.1) is 6.10 Å². The number of amides is 1. The molecule has 0 fully saturated rings. The lowest BCUT2D eigenvalue weighted by molar-refractivity contribution is 0.0271. The molecule has 1 aromatic rings. The highest BCUT2D eigenvalue weighted by atomic mass is 28.3. The largest absolute Gasteiger partial charge is 0.444 e. The Bertz CT molecular complexity index is 673. The van der Waals surface area contributed by atoms with Gasteiger partial charge < -0.3 is 14.5 Å². The van der Waals surface area contributed by atoms with Crippen LogP contribution in [-0.4, -0.2) is 26.8 Å². The van der Waals surface area contributed by atoms with Crippen molar-refractivity contribution in [2.24, 2.45) is 11.3 Å². The van der Waals surface area contributed by atoms with Crippen molar-refractivity contribution in [1.29, 1.82) is 0 Å². The summed E-state index contributed by atoms with van der Waals surface area (Å²) >= 11 is 0. The first-order valence-electron chi connectivity index (χ1n) is 10.4. The van der Waals surface area contributed by atoms with Gasteiger partial charge >= 0.3 is 6.09 Å². The Morgan fingerprint density at radius 3 is 2.43 bits per heavy atom. The molecule has 2 atom stereocenters. The minimum absolute atomic E-state index is 0.154. The Morgan fingerprint density at radius 2 is 1.86 bits per heavy atom. The lowest BCUT2D eigenvalue weighted by Gasteiger charge is -2.40. The Labute approximate surface area is 173 Å². The van der Waals surface area contributed by atoms with Crippen LogP contribution in [0.3, 0.4) is 0 Å². The molecule has 0 heterocycles. The van der Waals surface area contributed by atoms with E-state index in [0.29, 0.717) is 18.6 Å². The molecule has 28 heavy (non-hydrogen) atoms. The second-order valence-electron chi connectivity index (χ2n) is 10.3. The zero-order valence-corrected chi connectivity index (χ0v) is 19.9. The highest BCUT2D eigenvalue weighted by Gasteiger charge is 2.35. The van der Waals surface area contributed by atoms with Gasteiger partial charge in [-0.15, -0.1) is 0 Å². The SMILES string of the molecule is C[Si](C)OC(C1CCc2cc(CNC(=O)OC(C)(C)C)ccc2C1)C(C)(C)C. The van der Waals surface area contributed by atoms with Gasteiger partial charge in [0.25, 0.3) is 0 Å². The van der Waals surface area contributed by atoms with Gasteiger partial charge in [-0.1, -0.05) is 39.0 Å². The summed E-state index contributed by atoms with van der Waals surface area (Å²) in [5.41, 5.74) is 3.64. The van der Waals surface area contributed by atoms with E-state index in [4.69, 9.17) is 9.16 Å². The molecule has 1 amide bonds. The summed E-state index contributed by atoms with van der Waals surface area (Å²) in [7, 11) is -0.728. The van der Waals surface area contributed by atoms with Gasteiger partial charge in [-0.2, -0.15) is 0 Å². The lowest BCUT2D eigenvalue weighted by atomic mass is 9.73. The number of aryl methyl sites for hydroxylation is 1. The summed E-state index contributed by atoms with van der Waals surface area (Å²) in [6.07, 6.45) is 3.25. The molecule has 1 aliphatic rings. The number of fused-ring (bicyclic) bond motifs is 1. The van der Waals surface area contributed by atoms with E-state index < -0.39 is 14.6 Å². The summed E-state index contributed by atoms with van der Waals surface area (Å²) in [5, 5.41) is 2.85. The predicted molar refractivity (Wildman–Crippen MR) is 117 cm³/mol. The highest BCUT2D eigenvalue weighted by Crippen LogP contribution is 2.37. The first kappa shape index (κ1) is 23.0. The molecular formula is C23H38NO3Si. The van der Waals surface area contributed by atoms with Crippen molar-refractivity contribution in [3.8, 4) is 0 Å². The zero-order valence-electron chi connectivity index (χ0n) is 18.9. The lowest BCUT2D eigenvalue weighted by Crippen LogP contribution is -2.41. The van der Waals surface area contributed by atoms with Crippen LogP contribution in [0.2, 0.25) is 13.1 Å². The Balaban J connectivity index is 2.02. The fraction of sp³-hybridized carbons (Fsp3) is 0.696. The number of carbonyl (C=O) groups is 1. The number of benzene rings is 1. The third kappa shape index (κ3) is 6.93. The Kier molecular flexibility index (Phi) is 7.37. The number of hydrogen-bond donors (Lipinski definition) is 1. The molecule has 1 aromatic carbocycles. The zero-order chi connectivity index (χ0) is 21.1. The standard InChI is InChI=1S/C23H38NO3Si/c1-22(2,3)20(27-28(7)8)19-12-11-17-13-16(9-10-18(17)14-19)15-24-21(25)26-23(4,5)6/h9-10,13,19-20H,11-12,14-15H2,1-8H3,(H,24,25). The van der Waals surface area contributed by atoms with Crippen molar-refractivity contribution in [2.45, 2.75) is 92.1 Å². The third-order valence-corrected chi connectivity index (χ3v) is 5.74. The van der Waals surface area contributed by atoms with E-state index in [2.05, 4.69) is 57.4 Å². The van der Waals surface area contributed by atoms with E-state index >= 15 is 0 Å². The van der Waals surface area contributed by atoms with Crippen LogP contribution in [-0.2, 0) is 28.5 Å². The molecule has 4 nitrogen and oxygen atoms in total. The van der Waals surface area contributed by atoms with Crippen LogP contribution >= 0.6 is 0 Å². The first-order valence-corrected chi connectivity index (χ1v) is 12.8. The smallest absolute Gasteiger partial charge is 0.407 e. The average Bonchev–Trinajstić information content (AvgIpc) is 2.54. The molecule has 1 radical (unpaired) electrons. The number of carbonyl (C=O) groups excluding carboxylic acids is 1. The van der Waals surface area contributed by atoms with Crippen LogP contribution in [0.5, 0.6) is 0 Å². The number of nitrogens with one attached hydrogen (secondary N) is 1. The van der Waals surface area contributed by atoms with E-state index in [-0.39, 0.29) is 11.5 Å². The van der Waals surface area contributed by atoms with Gasteiger partial charge in [-0.05, 0) is 81.2 Å². The summed E-state index contributed by atoms with van der Waals surface area (Å²) in [6.45, 7) is 17.5. The highest BCUT2D eigenvalue weighted by molar-refractivity contribution is 6.48. The molecule has 5 heteroatoms. The predicted octanol–water partition coefficient (Wildman–Crippen LogP) is 5.50. The number of alkyl carbamates (subject to hydrolysis) is 1. The van der Waals surface area contributed by atoms with Crippen molar-refractivity contribution in [3.05, 3.63) is 34.9 Å². The summed E-state index contributed by atoms with van der Waals surface area (Å²) in [5.74, 6) is 0.568. The first-order chi connectivity index (χ1) is 12.8. The van der Waals surface area contributed by atoms with Crippen molar-refractivity contribution in [1.82, 2.24) is 5.32 Å². The van der Waals surface area contributed by atoms with Crippen molar-refractivity contribution >= 4 is 15.1 Å². The van der Waals surface area contributed by atoms with Crippen molar-refractivity contribution in [2.75, 3.05) is 0 Å². The van der Waals surface area contributed by atoms with Crippen molar-refractivity contribution in [3.63, 3.8) is 0 Å². The monoisotopic (exact) mass is 404 g/mol. The van der Waals surface area contributed by atoms with E-state index in [0.717, 1.165) is 24.8 Å². The molecule has 0 spiro atoms. The van der Waals surface area contributed by atoms with Crippen LogP contribution in [0, 0.1) is 11.3 Å². The quantitative estimate of drug-likeness (QED) is 0.659. The molecule has 2 rings (SSSR count). The molecule has 0 saturated carbocycles. The average molecular weight is 405 g/mol. The van der Waals surface area contributed by atoms with Crippen LogP contribution in [0.4, 0.5) is 4.79 Å². The van der Waals surface area contributed by atoms with Gasteiger partial charge in [0, 0.05) is 6.54 Å². The maximum absolute atomic E-state index is 11.9. The summed E-state index contributed by atoms with van der Waals surface area (Å²) in [4.78, 5) is 11.9.